The number of carbonyl (C=O) groups excluding carboxylic acids is 3. The molecule has 2 aliphatic rings. The van der Waals surface area contributed by atoms with Crippen LogP contribution < -0.4 is 21.1 Å². The lowest BCUT2D eigenvalue weighted by Crippen LogP contribution is -2.49. The second kappa shape index (κ2) is 7.93. The fraction of sp³-hybridized carbons (Fsp3) is 0.261. The number of urea groups is 1. The number of likely N-dealkylation sites (tertiary alicyclic amines) is 1. The van der Waals surface area contributed by atoms with Crippen LogP contribution in [-0.2, 0) is 4.79 Å². The molecule has 182 valence electrons. The minimum absolute atomic E-state index is 0.0604. The van der Waals surface area contributed by atoms with E-state index in [0.717, 1.165) is 12.1 Å². The van der Waals surface area contributed by atoms with E-state index < -0.39 is 35.6 Å². The van der Waals surface area contributed by atoms with Gasteiger partial charge in [0.15, 0.2) is 0 Å². The van der Waals surface area contributed by atoms with Crippen LogP contribution in [0.25, 0.3) is 10.9 Å². The molecule has 1 aliphatic carbocycles. The van der Waals surface area contributed by atoms with E-state index in [9.17, 15) is 27.6 Å². The van der Waals surface area contributed by atoms with Gasteiger partial charge in [-0.05, 0) is 37.0 Å². The maximum Gasteiger partial charge on any atom is 0.573 e. The Morgan fingerprint density at radius 2 is 1.86 bits per heavy atom. The Labute approximate surface area is 196 Å². The molecule has 0 bridgehead atoms. The molecule has 35 heavy (non-hydrogen) atoms. The van der Waals surface area contributed by atoms with E-state index >= 15 is 0 Å². The number of halogens is 3. The summed E-state index contributed by atoms with van der Waals surface area (Å²) < 4.78 is 42.7. The molecular weight excluding hydrogens is 467 g/mol. The minimum atomic E-state index is -4.86. The van der Waals surface area contributed by atoms with Crippen LogP contribution >= 0.6 is 0 Å². The number of anilines is 2. The van der Waals surface area contributed by atoms with Gasteiger partial charge in [-0.1, -0.05) is 24.3 Å². The summed E-state index contributed by atoms with van der Waals surface area (Å²) in [4.78, 5) is 39.6. The molecule has 2 fully saturated rings. The zero-order valence-electron chi connectivity index (χ0n) is 18.1. The number of nitrogens with zero attached hydrogens (tertiary/aromatic N) is 2. The van der Waals surface area contributed by atoms with Crippen LogP contribution in [0.4, 0.5) is 34.1 Å². The van der Waals surface area contributed by atoms with Crippen molar-refractivity contribution in [2.24, 2.45) is 11.7 Å². The number of benzene rings is 2. The van der Waals surface area contributed by atoms with Crippen molar-refractivity contribution < 1.29 is 32.3 Å². The number of piperidine rings is 1. The first-order chi connectivity index (χ1) is 16.6. The molecule has 3 aromatic rings. The number of primary amides is 1. The van der Waals surface area contributed by atoms with Gasteiger partial charge in [0.1, 0.15) is 11.3 Å². The molecule has 1 saturated heterocycles. The van der Waals surface area contributed by atoms with Gasteiger partial charge in [-0.3, -0.25) is 9.36 Å². The Morgan fingerprint density at radius 3 is 2.57 bits per heavy atom. The Kier molecular flexibility index (Phi) is 5.11. The van der Waals surface area contributed by atoms with Crippen molar-refractivity contribution in [3.8, 4) is 5.75 Å². The Hall–Kier alpha value is -4.22. The molecule has 1 unspecified atom stereocenters. The molecule has 2 atom stereocenters. The quantitative estimate of drug-likeness (QED) is 0.513. The molecule has 1 aliphatic heterocycles. The lowest BCUT2D eigenvalue weighted by Gasteiger charge is -2.27. The highest BCUT2D eigenvalue weighted by molar-refractivity contribution is 6.08. The van der Waals surface area contributed by atoms with Gasteiger partial charge < -0.3 is 26.0 Å². The van der Waals surface area contributed by atoms with Crippen LogP contribution in [0.2, 0.25) is 0 Å². The number of carbonyl (C=O) groups is 3. The molecule has 4 N–H and O–H groups in total. The number of alkyl halides is 3. The van der Waals surface area contributed by atoms with E-state index in [1.165, 1.54) is 27.8 Å². The van der Waals surface area contributed by atoms with Crippen molar-refractivity contribution in [3.05, 3.63) is 54.7 Å². The largest absolute Gasteiger partial charge is 0.573 e. The van der Waals surface area contributed by atoms with Crippen LogP contribution in [0.5, 0.6) is 5.75 Å². The van der Waals surface area contributed by atoms with Gasteiger partial charge in [0.2, 0.25) is 0 Å². The zero-order chi connectivity index (χ0) is 25.0. The summed E-state index contributed by atoms with van der Waals surface area (Å²) in [6, 6.07) is 10.6. The van der Waals surface area contributed by atoms with Crippen LogP contribution in [0, 0.1) is 5.92 Å². The summed E-state index contributed by atoms with van der Waals surface area (Å²) in [6.07, 6.45) is -2.39. The van der Waals surface area contributed by atoms with Crippen molar-refractivity contribution in [3.63, 3.8) is 0 Å². The Balaban J connectivity index is 1.35. The average Bonchev–Trinajstić information content (AvgIpc) is 3.22. The number of rotatable bonds is 4. The molecule has 0 spiro atoms. The average molecular weight is 487 g/mol. The number of nitrogens with one attached hydrogen (secondary N) is 2. The van der Waals surface area contributed by atoms with Gasteiger partial charge in [0.25, 0.3) is 5.91 Å². The Bertz CT molecular complexity index is 1350. The summed E-state index contributed by atoms with van der Waals surface area (Å²) in [6.45, 7) is 0.329. The van der Waals surface area contributed by atoms with Crippen molar-refractivity contribution in [1.82, 2.24) is 9.47 Å². The van der Waals surface area contributed by atoms with Gasteiger partial charge >= 0.3 is 18.4 Å². The Morgan fingerprint density at radius 1 is 1.09 bits per heavy atom. The van der Waals surface area contributed by atoms with Gasteiger partial charge in [-0.25, -0.2) is 9.59 Å². The SMILES string of the molecule is NC(=O)n1cc(NC(=O)N2CCC3C[C@@]32C(=O)Nc2cccc(OC(F)(F)F)c2)c2ccccc21. The monoisotopic (exact) mass is 487 g/mol. The second-order valence-corrected chi connectivity index (χ2v) is 8.49. The molecular formula is C23H20F3N5O4. The molecule has 1 aromatic heterocycles. The summed E-state index contributed by atoms with van der Waals surface area (Å²) in [5.41, 5.74) is 5.33. The predicted octanol–water partition coefficient (Wildman–Crippen LogP) is 4.10. The first-order valence-corrected chi connectivity index (χ1v) is 10.7. The van der Waals surface area contributed by atoms with Gasteiger partial charge in [-0.2, -0.15) is 0 Å². The third-order valence-corrected chi connectivity index (χ3v) is 6.41. The number of aromatic nitrogens is 1. The van der Waals surface area contributed by atoms with E-state index in [1.807, 2.05) is 0 Å². The number of para-hydroxylation sites is 1. The molecule has 12 heteroatoms. The number of nitrogens with two attached hydrogens (primary N) is 1. The van der Waals surface area contributed by atoms with Gasteiger partial charge in [0.05, 0.1) is 11.2 Å². The molecule has 4 amide bonds. The number of amides is 4. The first kappa shape index (κ1) is 22.6. The van der Waals surface area contributed by atoms with Crippen molar-refractivity contribution in [2.45, 2.75) is 24.7 Å². The third kappa shape index (κ3) is 4.00. The fourth-order valence-electron chi connectivity index (χ4n) is 4.81. The topological polar surface area (TPSA) is 119 Å². The molecule has 2 aromatic carbocycles. The van der Waals surface area contributed by atoms with Crippen molar-refractivity contribution in [2.75, 3.05) is 17.2 Å². The molecule has 9 nitrogen and oxygen atoms in total. The normalized spacial score (nSPS) is 20.9. The van der Waals surface area contributed by atoms with Crippen molar-refractivity contribution >= 4 is 40.2 Å². The highest BCUT2D eigenvalue weighted by Crippen LogP contribution is 2.56. The number of fused-ring (bicyclic) bond motifs is 2. The summed E-state index contributed by atoms with van der Waals surface area (Å²) in [7, 11) is 0. The van der Waals surface area contributed by atoms with E-state index in [0.29, 0.717) is 36.0 Å². The van der Waals surface area contributed by atoms with Crippen LogP contribution in [-0.4, -0.2) is 45.9 Å². The highest BCUT2D eigenvalue weighted by Gasteiger charge is 2.68. The van der Waals surface area contributed by atoms with Gasteiger partial charge in [0, 0.05) is 29.9 Å². The standard InChI is InChI=1S/C23H20F3N5O4/c24-23(25,26)35-15-5-3-4-14(10-15)28-19(32)22-11-13(22)8-9-31(22)21(34)29-17-12-30(20(27)33)18-7-2-1-6-16(17)18/h1-7,10,12-13H,8-9,11H2,(H2,27,33)(H,28,32)(H,29,34)/t13?,22-/m0/s1. The second-order valence-electron chi connectivity index (χ2n) is 8.49. The van der Waals surface area contributed by atoms with Gasteiger partial charge in [-0.15, -0.1) is 13.2 Å². The van der Waals surface area contributed by atoms with Crippen LogP contribution in [0.3, 0.4) is 0 Å². The minimum Gasteiger partial charge on any atom is -0.406 e. The van der Waals surface area contributed by atoms with E-state index in [2.05, 4.69) is 15.4 Å². The number of ether oxygens (including phenoxy) is 1. The maximum atomic E-state index is 13.2. The number of hydrogen-bond donors (Lipinski definition) is 3. The summed E-state index contributed by atoms with van der Waals surface area (Å²) in [5, 5.41) is 5.99. The molecule has 2 heterocycles. The zero-order valence-corrected chi connectivity index (χ0v) is 18.1. The van der Waals surface area contributed by atoms with E-state index in [1.54, 1.807) is 24.3 Å². The summed E-state index contributed by atoms with van der Waals surface area (Å²) >= 11 is 0. The van der Waals surface area contributed by atoms with E-state index in [-0.39, 0.29) is 11.6 Å². The maximum absolute atomic E-state index is 13.2. The lowest BCUT2D eigenvalue weighted by molar-refractivity contribution is -0.274. The van der Waals surface area contributed by atoms with Crippen LogP contribution in [0.1, 0.15) is 12.8 Å². The van der Waals surface area contributed by atoms with E-state index in [4.69, 9.17) is 5.73 Å². The van der Waals surface area contributed by atoms with Crippen LogP contribution in [0.15, 0.2) is 54.7 Å². The first-order valence-electron chi connectivity index (χ1n) is 10.7. The third-order valence-electron chi connectivity index (χ3n) is 6.41. The molecule has 1 saturated carbocycles. The lowest BCUT2D eigenvalue weighted by atomic mass is 10.2. The smallest absolute Gasteiger partial charge is 0.406 e. The molecule has 0 radical (unpaired) electrons. The highest BCUT2D eigenvalue weighted by atomic mass is 19.4. The van der Waals surface area contributed by atoms with Crippen molar-refractivity contribution in [1.29, 1.82) is 0 Å². The molecule has 5 rings (SSSR count). The number of hydrogen-bond acceptors (Lipinski definition) is 4. The predicted molar refractivity (Wildman–Crippen MR) is 120 cm³/mol. The fourth-order valence-corrected chi connectivity index (χ4v) is 4.81. The summed E-state index contributed by atoms with van der Waals surface area (Å²) in [5.74, 6) is -1.01.